The number of nitrogens with zero attached hydrogens (tertiary/aromatic N) is 3. The summed E-state index contributed by atoms with van der Waals surface area (Å²) in [6, 6.07) is 1.76. The molecule has 0 bridgehead atoms. The number of carbonyl (C=O) groups excluding carboxylic acids is 2. The molecule has 0 spiro atoms. The van der Waals surface area contributed by atoms with E-state index in [9.17, 15) is 9.59 Å². The lowest BCUT2D eigenvalue weighted by molar-refractivity contribution is -0.151. The van der Waals surface area contributed by atoms with Crippen molar-refractivity contribution in [3.05, 3.63) is 23.9 Å². The summed E-state index contributed by atoms with van der Waals surface area (Å²) in [6.07, 6.45) is 0.775. The minimum absolute atomic E-state index is 0.217. The van der Waals surface area contributed by atoms with Crippen molar-refractivity contribution in [3.8, 4) is 0 Å². The molecular formula is C22H36N4O4. The van der Waals surface area contributed by atoms with Crippen LogP contribution in [0.3, 0.4) is 0 Å². The van der Waals surface area contributed by atoms with Gasteiger partial charge in [-0.3, -0.25) is 4.90 Å². The number of carbonyl (C=O) groups is 2. The molecule has 0 aromatic carbocycles. The third kappa shape index (κ3) is 4.69. The molecule has 1 amide bonds. The van der Waals surface area contributed by atoms with Gasteiger partial charge in [0.1, 0.15) is 11.9 Å². The van der Waals surface area contributed by atoms with Crippen LogP contribution in [0.15, 0.2) is 18.3 Å². The van der Waals surface area contributed by atoms with E-state index in [1.807, 2.05) is 51.9 Å². The number of esters is 1. The maximum absolute atomic E-state index is 13.3. The number of nitrogens with two attached hydrogens (primary N) is 1. The van der Waals surface area contributed by atoms with Crippen LogP contribution in [0.1, 0.15) is 53.1 Å². The monoisotopic (exact) mass is 420 g/mol. The predicted octanol–water partition coefficient (Wildman–Crippen LogP) is 2.97. The van der Waals surface area contributed by atoms with Crippen molar-refractivity contribution in [3.63, 3.8) is 0 Å². The van der Waals surface area contributed by atoms with Gasteiger partial charge >= 0.3 is 12.1 Å². The van der Waals surface area contributed by atoms with Gasteiger partial charge in [0, 0.05) is 37.8 Å². The largest absolute Gasteiger partial charge is 0.464 e. The van der Waals surface area contributed by atoms with Crippen LogP contribution in [-0.4, -0.2) is 60.8 Å². The molecule has 2 heterocycles. The Morgan fingerprint density at radius 2 is 1.93 bits per heavy atom. The Bertz CT molecular complexity index is 760. The Balaban J connectivity index is 2.71. The number of hydrogen-bond acceptors (Lipinski definition) is 7. The lowest BCUT2D eigenvalue weighted by Crippen LogP contribution is -2.48. The number of rotatable bonds is 5. The molecular weight excluding hydrogens is 384 g/mol. The molecule has 168 valence electrons. The third-order valence-corrected chi connectivity index (χ3v) is 5.35. The third-order valence-electron chi connectivity index (χ3n) is 5.35. The van der Waals surface area contributed by atoms with Crippen LogP contribution < -0.4 is 10.6 Å². The van der Waals surface area contributed by atoms with E-state index in [1.165, 1.54) is 4.90 Å². The van der Waals surface area contributed by atoms with Gasteiger partial charge in [-0.05, 0) is 32.3 Å². The van der Waals surface area contributed by atoms with E-state index in [0.717, 1.165) is 5.56 Å². The fraction of sp³-hybridized carbons (Fsp3) is 0.682. The van der Waals surface area contributed by atoms with Crippen molar-refractivity contribution in [2.24, 2.45) is 17.1 Å². The number of hydrogen-bond donors (Lipinski definition) is 1. The highest BCUT2D eigenvalue weighted by Gasteiger charge is 2.58. The summed E-state index contributed by atoms with van der Waals surface area (Å²) in [7, 11) is 3.76. The number of likely N-dealkylation sites (tertiary alicyclic amines) is 1. The number of ether oxygens (including phenoxy) is 2. The predicted molar refractivity (Wildman–Crippen MR) is 116 cm³/mol. The van der Waals surface area contributed by atoms with Crippen LogP contribution >= 0.6 is 0 Å². The Morgan fingerprint density at radius 1 is 1.30 bits per heavy atom. The molecule has 2 N–H and O–H groups in total. The normalized spacial score (nSPS) is 24.1. The van der Waals surface area contributed by atoms with E-state index in [1.54, 1.807) is 27.0 Å². The molecule has 0 saturated carbocycles. The number of pyridine rings is 1. The Kier molecular flexibility index (Phi) is 7.34. The SMILES string of the molecule is CCOC(=O)[C@@H]1[C@@H](C(C)(C)C)[C@H](N)[C@H](c2cccnc2N(C)C)N1C(=O)OC(C)C. The van der Waals surface area contributed by atoms with Gasteiger partial charge in [0.05, 0.1) is 18.8 Å². The second-order valence-electron chi connectivity index (χ2n) is 9.26. The number of aromatic nitrogens is 1. The summed E-state index contributed by atoms with van der Waals surface area (Å²) in [5.41, 5.74) is 7.21. The van der Waals surface area contributed by atoms with E-state index in [4.69, 9.17) is 15.2 Å². The molecule has 1 saturated heterocycles. The summed E-state index contributed by atoms with van der Waals surface area (Å²) in [4.78, 5) is 34.2. The Labute approximate surface area is 179 Å². The zero-order valence-electron chi connectivity index (χ0n) is 19.4. The topological polar surface area (TPSA) is 98.0 Å². The van der Waals surface area contributed by atoms with Crippen molar-refractivity contribution in [2.75, 3.05) is 25.6 Å². The van der Waals surface area contributed by atoms with Crippen molar-refractivity contribution < 1.29 is 19.1 Å². The smallest absolute Gasteiger partial charge is 0.411 e. The Morgan fingerprint density at radius 3 is 2.43 bits per heavy atom. The first-order chi connectivity index (χ1) is 13.9. The highest BCUT2D eigenvalue weighted by Crippen LogP contribution is 2.48. The molecule has 30 heavy (non-hydrogen) atoms. The van der Waals surface area contributed by atoms with Crippen LogP contribution in [-0.2, 0) is 14.3 Å². The highest BCUT2D eigenvalue weighted by molar-refractivity contribution is 5.84. The number of amides is 1. The molecule has 0 unspecified atom stereocenters. The minimum atomic E-state index is -0.855. The van der Waals surface area contributed by atoms with Gasteiger partial charge in [0.25, 0.3) is 0 Å². The van der Waals surface area contributed by atoms with Gasteiger partial charge in [-0.25, -0.2) is 14.6 Å². The zero-order chi connectivity index (χ0) is 22.8. The lowest BCUT2D eigenvalue weighted by Gasteiger charge is -2.34. The highest BCUT2D eigenvalue weighted by atomic mass is 16.6. The first kappa shape index (κ1) is 23.9. The fourth-order valence-electron chi connectivity index (χ4n) is 4.34. The van der Waals surface area contributed by atoms with E-state index >= 15 is 0 Å². The molecule has 1 fully saturated rings. The fourth-order valence-corrected chi connectivity index (χ4v) is 4.34. The maximum Gasteiger partial charge on any atom is 0.411 e. The van der Waals surface area contributed by atoms with Crippen molar-refractivity contribution in [1.29, 1.82) is 0 Å². The van der Waals surface area contributed by atoms with Gasteiger partial charge in [0.15, 0.2) is 0 Å². The van der Waals surface area contributed by atoms with Crippen LogP contribution in [0.4, 0.5) is 10.6 Å². The first-order valence-electron chi connectivity index (χ1n) is 10.4. The van der Waals surface area contributed by atoms with Crippen LogP contribution in [0, 0.1) is 11.3 Å². The van der Waals surface area contributed by atoms with E-state index in [2.05, 4.69) is 4.98 Å². The lowest BCUT2D eigenvalue weighted by atomic mass is 9.73. The van der Waals surface area contributed by atoms with Gasteiger partial charge in [-0.15, -0.1) is 0 Å². The molecule has 1 aromatic heterocycles. The average Bonchev–Trinajstić information content (AvgIpc) is 2.94. The molecule has 4 atom stereocenters. The summed E-state index contributed by atoms with van der Waals surface area (Å²) in [6.45, 7) is 11.6. The molecule has 0 radical (unpaired) electrons. The van der Waals surface area contributed by atoms with E-state index in [0.29, 0.717) is 5.82 Å². The molecule has 8 heteroatoms. The molecule has 0 aliphatic carbocycles. The minimum Gasteiger partial charge on any atom is -0.464 e. The summed E-state index contributed by atoms with van der Waals surface area (Å²) in [5, 5.41) is 0. The second-order valence-corrected chi connectivity index (χ2v) is 9.26. The van der Waals surface area contributed by atoms with Crippen LogP contribution in [0.2, 0.25) is 0 Å². The summed E-state index contributed by atoms with van der Waals surface area (Å²) >= 11 is 0. The molecule has 1 aliphatic rings. The molecule has 1 aromatic rings. The summed E-state index contributed by atoms with van der Waals surface area (Å²) < 4.78 is 10.9. The van der Waals surface area contributed by atoms with Gasteiger partial charge < -0.3 is 20.1 Å². The quantitative estimate of drug-likeness (QED) is 0.731. The number of anilines is 1. The van der Waals surface area contributed by atoms with Gasteiger partial charge in [-0.2, -0.15) is 0 Å². The van der Waals surface area contributed by atoms with Gasteiger partial charge in [-0.1, -0.05) is 26.8 Å². The zero-order valence-corrected chi connectivity index (χ0v) is 19.4. The first-order valence-corrected chi connectivity index (χ1v) is 10.4. The van der Waals surface area contributed by atoms with Crippen molar-refractivity contribution in [2.45, 2.75) is 65.8 Å². The second kappa shape index (κ2) is 9.20. The van der Waals surface area contributed by atoms with E-state index < -0.39 is 30.2 Å². The molecule has 1 aliphatic heterocycles. The van der Waals surface area contributed by atoms with Crippen molar-refractivity contribution in [1.82, 2.24) is 9.88 Å². The molecule has 2 rings (SSSR count). The Hall–Kier alpha value is -2.35. The summed E-state index contributed by atoms with van der Waals surface area (Å²) in [5.74, 6) is -0.111. The standard InChI is InChI=1S/C22H36N4O4/c1-9-29-20(27)18-15(22(4,5)6)16(23)17(26(18)21(28)30-13(2)3)14-11-10-12-24-19(14)25(7)8/h10-13,15-18H,9,23H2,1-8H3/t15-,16-,17-,18-/m0/s1. The van der Waals surface area contributed by atoms with Crippen LogP contribution in [0.5, 0.6) is 0 Å². The average molecular weight is 421 g/mol. The maximum atomic E-state index is 13.3. The van der Waals surface area contributed by atoms with Crippen LogP contribution in [0.25, 0.3) is 0 Å². The van der Waals surface area contributed by atoms with E-state index in [-0.39, 0.29) is 24.0 Å². The van der Waals surface area contributed by atoms with Crippen molar-refractivity contribution >= 4 is 17.9 Å². The van der Waals surface area contributed by atoms with Gasteiger partial charge in [0.2, 0.25) is 0 Å². The molecule has 8 nitrogen and oxygen atoms in total.